The highest BCUT2D eigenvalue weighted by Crippen LogP contribution is 2.42. The van der Waals surface area contributed by atoms with Crippen molar-refractivity contribution >= 4 is 42.3 Å². The van der Waals surface area contributed by atoms with Gasteiger partial charge >= 0.3 is 0 Å². The second-order valence-corrected chi connectivity index (χ2v) is 14.3. The number of rotatable bonds is 6. The molecule has 0 bridgehead atoms. The molecule has 0 saturated heterocycles. The van der Waals surface area contributed by atoms with Crippen molar-refractivity contribution < 1.29 is 0 Å². The van der Waals surface area contributed by atoms with Gasteiger partial charge in [0.15, 0.2) is 17.5 Å². The first-order valence-electron chi connectivity index (χ1n) is 17.8. The first kappa shape index (κ1) is 31.0. The highest BCUT2D eigenvalue weighted by molar-refractivity contribution is 7.25. The molecule has 0 unspecified atom stereocenters. The van der Waals surface area contributed by atoms with Crippen LogP contribution in [0, 0.1) is 0 Å². The minimum atomic E-state index is 0.634. The maximum atomic E-state index is 5.29. The number of hydrogen-bond donors (Lipinski definition) is 0. The molecule has 10 aromatic rings. The predicted octanol–water partition coefficient (Wildman–Crippen LogP) is 13.4. The summed E-state index contributed by atoms with van der Waals surface area (Å²) in [6.45, 7) is 0. The van der Waals surface area contributed by atoms with Crippen molar-refractivity contribution in [3.05, 3.63) is 188 Å². The zero-order valence-corrected chi connectivity index (χ0v) is 29.5. The standard InChI is InChI=1S/C49H31N3S/c1-4-15-32(16-5-1)38-28-35-21-10-11-24-39(35)41(29-38)36-22-14-23-37(27-36)48-50-47(34-19-8-3-9-20-34)51-49(52-48)44-31-46-43(40-25-12-13-26-45(40)53-46)30-42(44)33-17-6-2-7-18-33/h1-31H. The van der Waals surface area contributed by atoms with Crippen LogP contribution >= 0.6 is 11.3 Å². The molecule has 4 heteroatoms. The van der Waals surface area contributed by atoms with Gasteiger partial charge in [-0.15, -0.1) is 11.3 Å². The lowest BCUT2D eigenvalue weighted by Crippen LogP contribution is -2.01. The smallest absolute Gasteiger partial charge is 0.164 e. The molecule has 0 aliphatic heterocycles. The molecule has 3 nitrogen and oxygen atoms in total. The molecule has 0 aliphatic carbocycles. The van der Waals surface area contributed by atoms with E-state index >= 15 is 0 Å². The summed E-state index contributed by atoms with van der Waals surface area (Å²) in [5, 5.41) is 4.91. The SMILES string of the molecule is c1ccc(-c2cc(-c3cccc(-c4nc(-c5ccccc5)nc(-c5cc6sc7ccccc7c6cc5-c5ccccc5)n4)c3)c3ccccc3c2)cc1. The molecule has 0 aliphatic rings. The van der Waals surface area contributed by atoms with E-state index in [1.807, 2.05) is 18.2 Å². The van der Waals surface area contributed by atoms with Gasteiger partial charge in [0.2, 0.25) is 0 Å². The maximum absolute atomic E-state index is 5.29. The average molecular weight is 694 g/mol. The average Bonchev–Trinajstić information content (AvgIpc) is 3.61. The fourth-order valence-corrected chi connectivity index (χ4v) is 8.45. The van der Waals surface area contributed by atoms with Crippen molar-refractivity contribution in [3.63, 3.8) is 0 Å². The highest BCUT2D eigenvalue weighted by Gasteiger charge is 2.19. The number of nitrogens with zero attached hydrogens (tertiary/aromatic N) is 3. The Morgan fingerprint density at radius 3 is 1.64 bits per heavy atom. The summed E-state index contributed by atoms with van der Waals surface area (Å²) in [5.74, 6) is 1.92. The van der Waals surface area contributed by atoms with Crippen molar-refractivity contribution in [1.29, 1.82) is 0 Å². The van der Waals surface area contributed by atoms with Crippen LogP contribution in [0.15, 0.2) is 188 Å². The van der Waals surface area contributed by atoms with Gasteiger partial charge in [-0.2, -0.15) is 0 Å². The number of aromatic nitrogens is 3. The van der Waals surface area contributed by atoms with Crippen molar-refractivity contribution in [2.45, 2.75) is 0 Å². The Morgan fingerprint density at radius 1 is 0.283 bits per heavy atom. The quantitative estimate of drug-likeness (QED) is 0.174. The molecule has 2 aromatic heterocycles. The molecule has 0 atom stereocenters. The Labute approximate surface area is 311 Å². The summed E-state index contributed by atoms with van der Waals surface area (Å²) < 4.78 is 2.47. The number of hydrogen-bond acceptors (Lipinski definition) is 4. The van der Waals surface area contributed by atoms with Crippen LogP contribution in [0.4, 0.5) is 0 Å². The van der Waals surface area contributed by atoms with E-state index < -0.39 is 0 Å². The van der Waals surface area contributed by atoms with Gasteiger partial charge in [0.25, 0.3) is 0 Å². The topological polar surface area (TPSA) is 38.7 Å². The van der Waals surface area contributed by atoms with E-state index in [0.29, 0.717) is 17.5 Å². The lowest BCUT2D eigenvalue weighted by atomic mass is 9.92. The van der Waals surface area contributed by atoms with Crippen molar-refractivity contribution in [2.24, 2.45) is 0 Å². The molecule has 0 saturated carbocycles. The van der Waals surface area contributed by atoms with Crippen LogP contribution in [0.5, 0.6) is 0 Å². The Bertz CT molecular complexity index is 2940. The maximum Gasteiger partial charge on any atom is 0.164 e. The van der Waals surface area contributed by atoms with E-state index in [1.165, 1.54) is 47.6 Å². The molecule has 2 heterocycles. The molecule has 0 spiro atoms. The fraction of sp³-hybridized carbons (Fsp3) is 0. The first-order chi connectivity index (χ1) is 26.2. The summed E-state index contributed by atoms with van der Waals surface area (Å²) in [7, 11) is 0. The van der Waals surface area contributed by atoms with Crippen LogP contribution in [-0.4, -0.2) is 15.0 Å². The molecule has 0 amide bonds. The van der Waals surface area contributed by atoms with Crippen LogP contribution in [0.2, 0.25) is 0 Å². The Balaban J connectivity index is 1.19. The van der Waals surface area contributed by atoms with E-state index in [0.717, 1.165) is 33.4 Å². The molecule has 248 valence electrons. The normalized spacial score (nSPS) is 11.4. The monoisotopic (exact) mass is 693 g/mol. The minimum Gasteiger partial charge on any atom is -0.208 e. The zero-order valence-electron chi connectivity index (χ0n) is 28.6. The first-order valence-corrected chi connectivity index (χ1v) is 18.6. The van der Waals surface area contributed by atoms with E-state index in [4.69, 9.17) is 15.0 Å². The summed E-state index contributed by atoms with van der Waals surface area (Å²) in [4.78, 5) is 15.6. The fourth-order valence-electron chi connectivity index (χ4n) is 7.33. The van der Waals surface area contributed by atoms with Crippen molar-refractivity contribution in [3.8, 4) is 67.5 Å². The minimum absolute atomic E-state index is 0.634. The zero-order chi connectivity index (χ0) is 35.1. The summed E-state index contributed by atoms with van der Waals surface area (Å²) >= 11 is 1.80. The van der Waals surface area contributed by atoms with Gasteiger partial charge in [-0.3, -0.25) is 0 Å². The van der Waals surface area contributed by atoms with E-state index in [2.05, 4.69) is 170 Å². The molecule has 0 N–H and O–H groups in total. The third-order valence-corrected chi connectivity index (χ3v) is 11.0. The Hall–Kier alpha value is -6.75. The molecule has 0 fully saturated rings. The molecule has 10 rings (SSSR count). The lowest BCUT2D eigenvalue weighted by molar-refractivity contribution is 1.07. The van der Waals surface area contributed by atoms with Crippen LogP contribution in [0.3, 0.4) is 0 Å². The number of fused-ring (bicyclic) bond motifs is 4. The number of thiophene rings is 1. The lowest BCUT2D eigenvalue weighted by Gasteiger charge is -2.14. The largest absolute Gasteiger partial charge is 0.208 e. The van der Waals surface area contributed by atoms with E-state index in [9.17, 15) is 0 Å². The Morgan fingerprint density at radius 2 is 0.868 bits per heavy atom. The van der Waals surface area contributed by atoms with Gasteiger partial charge in [-0.05, 0) is 80.6 Å². The Kier molecular flexibility index (Phi) is 7.67. The van der Waals surface area contributed by atoms with Crippen molar-refractivity contribution in [2.75, 3.05) is 0 Å². The van der Waals surface area contributed by atoms with Crippen LogP contribution in [0.25, 0.3) is 98.5 Å². The highest BCUT2D eigenvalue weighted by atomic mass is 32.1. The summed E-state index contributed by atoms with van der Waals surface area (Å²) in [5.41, 5.74) is 9.72. The van der Waals surface area contributed by atoms with Gasteiger partial charge in [-0.25, -0.2) is 15.0 Å². The third kappa shape index (κ3) is 5.76. The van der Waals surface area contributed by atoms with Gasteiger partial charge in [0.1, 0.15) is 0 Å². The predicted molar refractivity (Wildman–Crippen MR) is 223 cm³/mol. The van der Waals surface area contributed by atoms with Gasteiger partial charge in [0.05, 0.1) is 0 Å². The second kappa shape index (κ2) is 13.1. The van der Waals surface area contributed by atoms with Gasteiger partial charge in [0, 0.05) is 36.9 Å². The van der Waals surface area contributed by atoms with Crippen LogP contribution < -0.4 is 0 Å². The second-order valence-electron chi connectivity index (χ2n) is 13.2. The van der Waals surface area contributed by atoms with E-state index in [1.54, 1.807) is 11.3 Å². The van der Waals surface area contributed by atoms with E-state index in [-0.39, 0.29) is 0 Å². The molecular formula is C49H31N3S. The van der Waals surface area contributed by atoms with Gasteiger partial charge in [-0.1, -0.05) is 152 Å². The molecular weight excluding hydrogens is 663 g/mol. The summed E-state index contributed by atoms with van der Waals surface area (Å²) in [6.07, 6.45) is 0. The molecule has 0 radical (unpaired) electrons. The molecule has 8 aromatic carbocycles. The number of benzene rings is 8. The summed E-state index contributed by atoms with van der Waals surface area (Å²) in [6, 6.07) is 66.4. The van der Waals surface area contributed by atoms with Crippen molar-refractivity contribution in [1.82, 2.24) is 15.0 Å². The van der Waals surface area contributed by atoms with Gasteiger partial charge < -0.3 is 0 Å². The molecule has 53 heavy (non-hydrogen) atoms. The van der Waals surface area contributed by atoms with Crippen LogP contribution in [0.1, 0.15) is 0 Å². The van der Waals surface area contributed by atoms with Crippen LogP contribution in [-0.2, 0) is 0 Å². The third-order valence-electron chi connectivity index (χ3n) is 9.91.